The SMILES string of the molecule is C#C.C#C.C#C.CC.CN(C)CCNC(=O)C(F)(F)C(=O)NC[C@]12CCCC1[C@H]1CCC3[C@@]4(C)CC=C(c5ccc(C(=O)O)cc5)C(C)(C)C4CC[C@@]3(C)[C@]1(C)CC2. The van der Waals surface area contributed by atoms with Crippen LogP contribution in [-0.4, -0.2) is 67.4 Å². The first-order valence-electron chi connectivity index (χ1n) is 21.0. The van der Waals surface area contributed by atoms with Crippen molar-refractivity contribution in [2.24, 2.45) is 50.7 Å². The van der Waals surface area contributed by atoms with E-state index in [9.17, 15) is 28.3 Å². The van der Waals surface area contributed by atoms with Gasteiger partial charge >= 0.3 is 23.7 Å². The van der Waals surface area contributed by atoms with Gasteiger partial charge in [0.25, 0.3) is 0 Å². The molecule has 0 aromatic heterocycles. The molecule has 320 valence electrons. The largest absolute Gasteiger partial charge is 0.478 e. The molecule has 4 saturated carbocycles. The minimum atomic E-state index is -4.11. The van der Waals surface area contributed by atoms with Gasteiger partial charge in [-0.2, -0.15) is 8.78 Å². The molecule has 3 unspecified atom stereocenters. The summed E-state index contributed by atoms with van der Waals surface area (Å²) < 4.78 is 29.9. The van der Waals surface area contributed by atoms with E-state index < -0.39 is 23.7 Å². The van der Waals surface area contributed by atoms with Gasteiger partial charge in [-0.3, -0.25) is 9.59 Å². The lowest BCUT2D eigenvalue weighted by Gasteiger charge is -2.72. The molecule has 58 heavy (non-hydrogen) atoms. The quantitative estimate of drug-likeness (QED) is 0.171. The van der Waals surface area contributed by atoms with Crippen LogP contribution in [0.3, 0.4) is 0 Å². The normalized spacial score (nSPS) is 32.5. The molecule has 0 saturated heterocycles. The van der Waals surface area contributed by atoms with Crippen LogP contribution in [-0.2, 0) is 9.59 Å². The van der Waals surface area contributed by atoms with Crippen molar-refractivity contribution in [1.82, 2.24) is 15.5 Å². The molecule has 0 radical (unpaired) electrons. The smallest absolute Gasteiger partial charge is 0.400 e. The molecule has 2 amide bonds. The van der Waals surface area contributed by atoms with Gasteiger partial charge in [0.2, 0.25) is 0 Å². The summed E-state index contributed by atoms with van der Waals surface area (Å²) in [4.78, 5) is 38.4. The standard InChI is InChI=1S/C41H59F2N3O4.C2H6.3C2H2/c1-36(2)28(26-10-12-27(13-11-26)33(47)48)16-19-37(3)31(36)17-20-39(5)32(37)15-14-29-30-9-8-18-40(30,22-21-38(29,39)4)25-45-35(50)41(42,43)34(49)44-23-24-46(6)7;4*1-2/h10-13,16,29-32H,8-9,14-15,17-25H2,1-7H3,(H,44,49)(H,45,50)(H,47,48);1-2H3;3*1-2H/t29-,30?,31?,32?,37+,38-,39-,40-;;;;/m1..../s1. The Morgan fingerprint density at radius 1 is 0.776 bits per heavy atom. The Kier molecular flexibility index (Phi) is 17.0. The van der Waals surface area contributed by atoms with Crippen LogP contribution in [0, 0.1) is 89.3 Å². The Balaban J connectivity index is 0.00000137. The highest BCUT2D eigenvalue weighted by Gasteiger charge is 2.69. The summed E-state index contributed by atoms with van der Waals surface area (Å²) in [6, 6.07) is 7.38. The van der Waals surface area contributed by atoms with Crippen LogP contribution in [0.15, 0.2) is 30.3 Å². The number of carboxylic acids is 1. The number of carbonyl (C=O) groups is 3. The van der Waals surface area contributed by atoms with Crippen LogP contribution in [0.4, 0.5) is 8.78 Å². The number of carboxylic acid groups (broad SMARTS) is 1. The van der Waals surface area contributed by atoms with Crippen LogP contribution in [0.1, 0.15) is 129 Å². The van der Waals surface area contributed by atoms with E-state index in [0.717, 1.165) is 69.8 Å². The minimum absolute atomic E-state index is 0.0534. The van der Waals surface area contributed by atoms with Crippen molar-refractivity contribution in [1.29, 1.82) is 0 Å². The highest BCUT2D eigenvalue weighted by Crippen LogP contribution is 2.77. The van der Waals surface area contributed by atoms with Gasteiger partial charge in [0, 0.05) is 19.6 Å². The van der Waals surface area contributed by atoms with Crippen molar-refractivity contribution in [2.75, 3.05) is 33.7 Å². The average Bonchev–Trinajstić information content (AvgIpc) is 3.64. The van der Waals surface area contributed by atoms with Crippen LogP contribution in [0.5, 0.6) is 0 Å². The number of alkyl halides is 2. The topological polar surface area (TPSA) is 98.7 Å². The van der Waals surface area contributed by atoms with E-state index in [1.807, 2.05) is 26.0 Å². The van der Waals surface area contributed by atoms with Crippen molar-refractivity contribution in [3.63, 3.8) is 0 Å². The fourth-order valence-corrected chi connectivity index (χ4v) is 12.9. The monoisotopic (exact) mass is 804 g/mol. The molecule has 0 heterocycles. The van der Waals surface area contributed by atoms with Gasteiger partial charge in [-0.05, 0) is 146 Å². The highest BCUT2D eigenvalue weighted by atomic mass is 19.3. The Hall–Kier alpha value is -4.13. The number of nitrogens with one attached hydrogen (secondary N) is 2. The third kappa shape index (κ3) is 8.75. The lowest BCUT2D eigenvalue weighted by Crippen LogP contribution is -2.65. The van der Waals surface area contributed by atoms with Gasteiger partial charge < -0.3 is 20.6 Å². The summed E-state index contributed by atoms with van der Waals surface area (Å²) in [5.74, 6) is -6.13. The van der Waals surface area contributed by atoms with Crippen LogP contribution in [0.25, 0.3) is 5.57 Å². The number of rotatable bonds is 9. The number of allylic oxidation sites excluding steroid dienone is 2. The molecular weight excluding hydrogens is 733 g/mol. The van der Waals surface area contributed by atoms with Gasteiger partial charge in [0.05, 0.1) is 5.56 Å². The molecule has 3 N–H and O–H groups in total. The minimum Gasteiger partial charge on any atom is -0.478 e. The molecule has 9 heteroatoms. The summed E-state index contributed by atoms with van der Waals surface area (Å²) in [5, 5.41) is 14.3. The number of halogens is 2. The highest BCUT2D eigenvalue weighted by molar-refractivity contribution is 6.06. The number of hydrogen-bond donors (Lipinski definition) is 3. The van der Waals surface area contributed by atoms with Gasteiger partial charge in [-0.1, -0.05) is 73.1 Å². The van der Waals surface area contributed by atoms with E-state index in [0.29, 0.717) is 35.8 Å². The Morgan fingerprint density at radius 3 is 1.93 bits per heavy atom. The second-order valence-corrected chi connectivity index (χ2v) is 18.3. The van der Waals surface area contributed by atoms with Crippen molar-refractivity contribution in [3.8, 4) is 38.5 Å². The van der Waals surface area contributed by atoms with E-state index >= 15 is 0 Å². The van der Waals surface area contributed by atoms with Crippen molar-refractivity contribution < 1.29 is 28.3 Å². The molecule has 5 aliphatic rings. The molecule has 1 aromatic rings. The van der Waals surface area contributed by atoms with E-state index in [1.165, 1.54) is 5.57 Å². The zero-order valence-corrected chi connectivity index (χ0v) is 36.7. The third-order valence-electron chi connectivity index (χ3n) is 15.6. The predicted molar refractivity (Wildman–Crippen MR) is 233 cm³/mol. The average molecular weight is 804 g/mol. The summed E-state index contributed by atoms with van der Waals surface area (Å²) >= 11 is 0. The van der Waals surface area contributed by atoms with E-state index in [1.54, 1.807) is 31.1 Å². The van der Waals surface area contributed by atoms with Gasteiger partial charge in [0.1, 0.15) is 0 Å². The molecule has 6 rings (SSSR count). The maximum absolute atomic E-state index is 14.9. The summed E-state index contributed by atoms with van der Waals surface area (Å²) in [6.07, 6.45) is 37.0. The molecular formula is C49H71F2N3O4. The third-order valence-corrected chi connectivity index (χ3v) is 15.6. The number of nitrogens with zero attached hydrogens (tertiary/aromatic N) is 1. The summed E-state index contributed by atoms with van der Waals surface area (Å²) in [5.41, 5.74) is 2.87. The molecule has 8 atom stereocenters. The van der Waals surface area contributed by atoms with Gasteiger partial charge in [-0.25, -0.2) is 4.79 Å². The molecule has 0 aliphatic heterocycles. The number of aromatic carboxylic acids is 1. The lowest BCUT2D eigenvalue weighted by molar-refractivity contribution is -0.222. The number of terminal acetylenes is 3. The first-order chi connectivity index (χ1) is 27.3. The maximum Gasteiger partial charge on any atom is 0.400 e. The zero-order chi connectivity index (χ0) is 44.5. The maximum atomic E-state index is 14.9. The molecule has 0 spiro atoms. The Morgan fingerprint density at radius 2 is 1.36 bits per heavy atom. The van der Waals surface area contributed by atoms with Crippen molar-refractivity contribution >= 4 is 23.4 Å². The van der Waals surface area contributed by atoms with E-state index in [-0.39, 0.29) is 40.2 Å². The van der Waals surface area contributed by atoms with Gasteiger partial charge in [-0.15, -0.1) is 38.5 Å². The second kappa shape index (κ2) is 19.7. The van der Waals surface area contributed by atoms with Crippen LogP contribution in [0.2, 0.25) is 0 Å². The first kappa shape index (κ1) is 50.0. The van der Waals surface area contributed by atoms with E-state index in [4.69, 9.17) is 0 Å². The number of likely N-dealkylation sites (N-methyl/N-ethyl adjacent to an activating group) is 1. The fourth-order valence-electron chi connectivity index (χ4n) is 12.9. The molecule has 7 nitrogen and oxygen atoms in total. The molecule has 0 bridgehead atoms. The number of carbonyl (C=O) groups excluding carboxylic acids is 2. The fraction of sp³-hybridized carbons (Fsp3) is 0.653. The van der Waals surface area contributed by atoms with Crippen molar-refractivity contribution in [3.05, 3.63) is 41.5 Å². The number of benzene rings is 1. The number of hydrogen-bond acceptors (Lipinski definition) is 4. The lowest BCUT2D eigenvalue weighted by atomic mass is 9.32. The van der Waals surface area contributed by atoms with Crippen molar-refractivity contribution in [2.45, 2.75) is 119 Å². The second-order valence-electron chi connectivity index (χ2n) is 18.3. The first-order valence-corrected chi connectivity index (χ1v) is 21.0. The van der Waals surface area contributed by atoms with Gasteiger partial charge in [0.15, 0.2) is 0 Å². The number of fused-ring (bicyclic) bond motifs is 7. The number of amides is 2. The molecule has 4 fully saturated rings. The van der Waals surface area contributed by atoms with E-state index in [2.05, 4.69) is 89.9 Å². The summed E-state index contributed by atoms with van der Waals surface area (Å²) in [7, 11) is 3.58. The zero-order valence-electron chi connectivity index (χ0n) is 36.7. The molecule has 5 aliphatic carbocycles. The molecule has 1 aromatic carbocycles. The Bertz CT molecular complexity index is 1660. The predicted octanol–water partition coefficient (Wildman–Crippen LogP) is 9.44. The van der Waals surface area contributed by atoms with Crippen LogP contribution >= 0.6 is 0 Å². The Labute approximate surface area is 349 Å². The summed E-state index contributed by atoms with van der Waals surface area (Å²) in [6.45, 7) is 17.1. The van der Waals surface area contributed by atoms with Crippen LogP contribution < -0.4 is 10.6 Å².